The Kier molecular flexibility index (Phi) is 4.05. The SMILES string of the molecule is O=C(O)CNCCC(=O)C1C(=O)c2ccccc2C1=O. The number of Topliss-reactive ketones (excluding diaryl/α,β-unsaturated/α-hetero) is 3. The van der Waals surface area contributed by atoms with Crippen LogP contribution in [0.2, 0.25) is 0 Å². The largest absolute Gasteiger partial charge is 0.480 e. The Balaban J connectivity index is 2.00. The Labute approximate surface area is 114 Å². The molecule has 0 aliphatic heterocycles. The van der Waals surface area contributed by atoms with Crippen LogP contribution in [0.3, 0.4) is 0 Å². The molecule has 0 fully saturated rings. The summed E-state index contributed by atoms with van der Waals surface area (Å²) in [7, 11) is 0. The molecule has 0 aromatic heterocycles. The van der Waals surface area contributed by atoms with Crippen molar-refractivity contribution in [2.45, 2.75) is 6.42 Å². The normalized spacial score (nSPS) is 14.4. The minimum atomic E-state index is -1.26. The van der Waals surface area contributed by atoms with Crippen LogP contribution in [-0.2, 0) is 9.59 Å². The van der Waals surface area contributed by atoms with E-state index in [9.17, 15) is 19.2 Å². The molecule has 20 heavy (non-hydrogen) atoms. The van der Waals surface area contributed by atoms with Gasteiger partial charge in [0, 0.05) is 24.1 Å². The third-order valence-corrected chi connectivity index (χ3v) is 3.13. The Bertz CT molecular complexity index is 558. The van der Waals surface area contributed by atoms with E-state index in [0.29, 0.717) is 0 Å². The van der Waals surface area contributed by atoms with Crippen LogP contribution in [-0.4, -0.2) is 41.5 Å². The lowest BCUT2D eigenvalue weighted by molar-refractivity contribution is -0.136. The molecule has 0 spiro atoms. The van der Waals surface area contributed by atoms with E-state index in [1.54, 1.807) is 12.1 Å². The highest BCUT2D eigenvalue weighted by atomic mass is 16.4. The van der Waals surface area contributed by atoms with Crippen LogP contribution < -0.4 is 5.32 Å². The van der Waals surface area contributed by atoms with E-state index in [1.165, 1.54) is 12.1 Å². The van der Waals surface area contributed by atoms with Crippen LogP contribution in [0, 0.1) is 5.92 Å². The fourth-order valence-electron chi connectivity index (χ4n) is 2.19. The van der Waals surface area contributed by atoms with E-state index in [2.05, 4.69) is 5.32 Å². The van der Waals surface area contributed by atoms with Crippen molar-refractivity contribution in [3.05, 3.63) is 35.4 Å². The van der Waals surface area contributed by atoms with Crippen molar-refractivity contribution in [3.63, 3.8) is 0 Å². The molecule has 0 amide bonds. The van der Waals surface area contributed by atoms with Crippen molar-refractivity contribution in [3.8, 4) is 0 Å². The first kappa shape index (κ1) is 14.1. The average molecular weight is 275 g/mol. The summed E-state index contributed by atoms with van der Waals surface area (Å²) in [6.07, 6.45) is -0.0522. The monoisotopic (exact) mass is 275 g/mol. The zero-order chi connectivity index (χ0) is 14.7. The summed E-state index contributed by atoms with van der Waals surface area (Å²) in [5.74, 6) is -3.70. The van der Waals surface area contributed by atoms with Gasteiger partial charge in [-0.2, -0.15) is 0 Å². The quantitative estimate of drug-likeness (QED) is 0.572. The Hall–Kier alpha value is -2.34. The van der Waals surface area contributed by atoms with Crippen LogP contribution in [0.4, 0.5) is 0 Å². The van der Waals surface area contributed by atoms with Crippen LogP contribution in [0.5, 0.6) is 0 Å². The van der Waals surface area contributed by atoms with Gasteiger partial charge in [0.2, 0.25) is 0 Å². The highest BCUT2D eigenvalue weighted by molar-refractivity contribution is 6.35. The van der Waals surface area contributed by atoms with Gasteiger partial charge in [-0.3, -0.25) is 19.2 Å². The van der Waals surface area contributed by atoms with Gasteiger partial charge in [0.25, 0.3) is 0 Å². The van der Waals surface area contributed by atoms with Crippen LogP contribution in [0.1, 0.15) is 27.1 Å². The summed E-state index contributed by atoms with van der Waals surface area (Å²) < 4.78 is 0. The summed E-state index contributed by atoms with van der Waals surface area (Å²) in [5.41, 5.74) is 0.573. The summed E-state index contributed by atoms with van der Waals surface area (Å²) in [6, 6.07) is 6.35. The van der Waals surface area contributed by atoms with E-state index in [-0.39, 0.29) is 30.6 Å². The topological polar surface area (TPSA) is 101 Å². The molecule has 1 aromatic rings. The van der Waals surface area contributed by atoms with Crippen LogP contribution in [0.15, 0.2) is 24.3 Å². The van der Waals surface area contributed by atoms with Gasteiger partial charge >= 0.3 is 5.97 Å². The third kappa shape index (κ3) is 2.65. The zero-order valence-electron chi connectivity index (χ0n) is 10.6. The van der Waals surface area contributed by atoms with Gasteiger partial charge in [-0.05, 0) is 0 Å². The number of nitrogens with one attached hydrogen (secondary N) is 1. The predicted molar refractivity (Wildman–Crippen MR) is 68.7 cm³/mol. The van der Waals surface area contributed by atoms with Gasteiger partial charge in [-0.1, -0.05) is 24.3 Å². The lowest BCUT2D eigenvalue weighted by Crippen LogP contribution is -2.30. The Morgan fingerprint density at radius 2 is 1.65 bits per heavy atom. The van der Waals surface area contributed by atoms with Gasteiger partial charge in [0.1, 0.15) is 5.92 Å². The van der Waals surface area contributed by atoms with Crippen molar-refractivity contribution in [2.75, 3.05) is 13.1 Å². The molecule has 0 bridgehead atoms. The predicted octanol–water partition coefficient (Wildman–Crippen LogP) is 0.315. The van der Waals surface area contributed by atoms with Crippen molar-refractivity contribution in [2.24, 2.45) is 5.92 Å². The fourth-order valence-corrected chi connectivity index (χ4v) is 2.19. The van der Waals surface area contributed by atoms with Crippen molar-refractivity contribution in [1.29, 1.82) is 0 Å². The summed E-state index contributed by atoms with van der Waals surface area (Å²) in [6.45, 7) is -0.140. The molecule has 1 aromatic carbocycles. The van der Waals surface area contributed by atoms with E-state index >= 15 is 0 Å². The first-order chi connectivity index (χ1) is 9.52. The number of hydrogen-bond acceptors (Lipinski definition) is 5. The Morgan fingerprint density at radius 3 is 2.15 bits per heavy atom. The number of aliphatic carboxylic acids is 1. The van der Waals surface area contributed by atoms with E-state index in [4.69, 9.17) is 5.11 Å². The molecule has 0 unspecified atom stereocenters. The molecule has 104 valence electrons. The molecule has 1 aliphatic rings. The van der Waals surface area contributed by atoms with Crippen molar-refractivity contribution >= 4 is 23.3 Å². The van der Waals surface area contributed by atoms with E-state index in [0.717, 1.165) is 0 Å². The third-order valence-electron chi connectivity index (χ3n) is 3.13. The summed E-state index contributed by atoms with van der Waals surface area (Å²) >= 11 is 0. The first-order valence-electron chi connectivity index (χ1n) is 6.15. The standard InChI is InChI=1S/C14H13NO5/c16-10(5-6-15-7-11(17)18)12-13(19)8-3-1-2-4-9(8)14(12)20/h1-4,12,15H,5-7H2,(H,17,18). The molecule has 2 rings (SSSR count). The first-order valence-corrected chi connectivity index (χ1v) is 6.15. The molecule has 0 atom stereocenters. The second-order valence-electron chi connectivity index (χ2n) is 4.49. The number of ketones is 3. The summed E-state index contributed by atoms with van der Waals surface area (Å²) in [4.78, 5) is 46.3. The van der Waals surface area contributed by atoms with Crippen molar-refractivity contribution in [1.82, 2.24) is 5.32 Å². The van der Waals surface area contributed by atoms with Gasteiger partial charge in [0.15, 0.2) is 17.3 Å². The summed E-state index contributed by atoms with van der Waals surface area (Å²) in [5, 5.41) is 11.0. The maximum Gasteiger partial charge on any atom is 0.317 e. The lowest BCUT2D eigenvalue weighted by atomic mass is 9.96. The number of rotatable bonds is 6. The highest BCUT2D eigenvalue weighted by Crippen LogP contribution is 2.27. The van der Waals surface area contributed by atoms with Gasteiger partial charge in [-0.25, -0.2) is 0 Å². The maximum atomic E-state index is 12.0. The minimum Gasteiger partial charge on any atom is -0.480 e. The molecule has 2 N–H and O–H groups in total. The number of fused-ring (bicyclic) bond motifs is 1. The number of hydrogen-bond donors (Lipinski definition) is 2. The van der Waals surface area contributed by atoms with E-state index in [1.807, 2.05) is 0 Å². The van der Waals surface area contributed by atoms with Gasteiger partial charge < -0.3 is 10.4 Å². The molecule has 1 aliphatic carbocycles. The molecular weight excluding hydrogens is 262 g/mol. The van der Waals surface area contributed by atoms with E-state index < -0.39 is 29.2 Å². The second-order valence-corrected chi connectivity index (χ2v) is 4.49. The second kappa shape index (κ2) is 5.75. The smallest absolute Gasteiger partial charge is 0.317 e. The molecule has 0 saturated heterocycles. The van der Waals surface area contributed by atoms with Crippen LogP contribution >= 0.6 is 0 Å². The number of carboxylic acids is 1. The molecule has 0 radical (unpaired) electrons. The number of carboxylic acid groups (broad SMARTS) is 1. The molecule has 0 saturated carbocycles. The molecule has 6 nitrogen and oxygen atoms in total. The van der Waals surface area contributed by atoms with Crippen molar-refractivity contribution < 1.29 is 24.3 Å². The highest BCUT2D eigenvalue weighted by Gasteiger charge is 2.42. The molecule has 6 heteroatoms. The average Bonchev–Trinajstić information content (AvgIpc) is 2.67. The van der Waals surface area contributed by atoms with Gasteiger partial charge in [-0.15, -0.1) is 0 Å². The Morgan fingerprint density at radius 1 is 1.10 bits per heavy atom. The maximum absolute atomic E-state index is 12.0. The van der Waals surface area contributed by atoms with Gasteiger partial charge in [0.05, 0.1) is 6.54 Å². The molecular formula is C14H13NO5. The van der Waals surface area contributed by atoms with Crippen LogP contribution in [0.25, 0.3) is 0 Å². The minimum absolute atomic E-state index is 0.0522. The number of benzene rings is 1. The number of carbonyl (C=O) groups is 4. The fraction of sp³-hybridized carbons (Fsp3) is 0.286. The zero-order valence-corrected chi connectivity index (χ0v) is 10.6. The molecule has 0 heterocycles. The lowest BCUT2D eigenvalue weighted by Gasteiger charge is -2.06. The number of carbonyl (C=O) groups excluding carboxylic acids is 3.